The second-order valence-electron chi connectivity index (χ2n) is 4.16. The fourth-order valence-electron chi connectivity index (χ4n) is 1.74. The van der Waals surface area contributed by atoms with Gasteiger partial charge in [-0.25, -0.2) is 0 Å². The third-order valence-corrected chi connectivity index (χ3v) is 3.95. The number of nitrogens with two attached hydrogens (primary N) is 1. The van der Waals surface area contributed by atoms with Crippen LogP contribution in [0.5, 0.6) is 0 Å². The van der Waals surface area contributed by atoms with Gasteiger partial charge < -0.3 is 10.6 Å². The monoisotopic (exact) mass is 311 g/mol. The Labute approximate surface area is 126 Å². The summed E-state index contributed by atoms with van der Waals surface area (Å²) in [6, 6.07) is 3.99. The number of amides is 2. The van der Waals surface area contributed by atoms with Crippen LogP contribution >= 0.6 is 11.8 Å². The van der Waals surface area contributed by atoms with Crippen LogP contribution in [-0.4, -0.2) is 40.5 Å². The van der Waals surface area contributed by atoms with Crippen molar-refractivity contribution in [1.29, 1.82) is 0 Å². The zero-order chi connectivity index (χ0) is 16.0. The zero-order valence-electron chi connectivity index (χ0n) is 11.9. The molecule has 0 bridgehead atoms. The van der Waals surface area contributed by atoms with Crippen molar-refractivity contribution >= 4 is 29.3 Å². The Kier molecular flexibility index (Phi) is 6.16. The maximum absolute atomic E-state index is 11.9. The Hall–Kier alpha value is -2.09. The van der Waals surface area contributed by atoms with Gasteiger partial charge in [0.15, 0.2) is 0 Å². The number of rotatable bonds is 7. The van der Waals surface area contributed by atoms with Gasteiger partial charge in [0.25, 0.3) is 5.69 Å². The molecule has 0 heterocycles. The third kappa shape index (κ3) is 4.45. The number of hydrogen-bond acceptors (Lipinski definition) is 5. The first-order valence-corrected chi connectivity index (χ1v) is 7.38. The summed E-state index contributed by atoms with van der Waals surface area (Å²) in [5.74, 6) is -0.703. The first-order valence-electron chi connectivity index (χ1n) is 6.39. The van der Waals surface area contributed by atoms with E-state index < -0.39 is 10.8 Å². The maximum Gasteiger partial charge on any atom is 0.283 e. The molecule has 1 aromatic carbocycles. The van der Waals surface area contributed by atoms with Gasteiger partial charge in [-0.3, -0.25) is 19.7 Å². The van der Waals surface area contributed by atoms with Crippen molar-refractivity contribution in [3.8, 4) is 0 Å². The van der Waals surface area contributed by atoms with Gasteiger partial charge in [0.1, 0.15) is 0 Å². The fourth-order valence-corrected chi connectivity index (χ4v) is 2.65. The van der Waals surface area contributed by atoms with Crippen LogP contribution in [0.15, 0.2) is 23.1 Å². The van der Waals surface area contributed by atoms with E-state index in [1.54, 1.807) is 4.90 Å². The van der Waals surface area contributed by atoms with Crippen molar-refractivity contribution in [2.45, 2.75) is 18.7 Å². The summed E-state index contributed by atoms with van der Waals surface area (Å²) < 4.78 is 0. The lowest BCUT2D eigenvalue weighted by Gasteiger charge is -2.18. The molecule has 0 aromatic heterocycles. The zero-order valence-corrected chi connectivity index (χ0v) is 12.7. The summed E-state index contributed by atoms with van der Waals surface area (Å²) in [5, 5.41) is 11.0. The van der Waals surface area contributed by atoms with Crippen LogP contribution in [0, 0.1) is 10.1 Å². The van der Waals surface area contributed by atoms with Crippen LogP contribution in [0.25, 0.3) is 0 Å². The number of nitro groups is 1. The highest BCUT2D eigenvalue weighted by Gasteiger charge is 2.19. The molecule has 8 heteroatoms. The van der Waals surface area contributed by atoms with Crippen molar-refractivity contribution in [2.75, 3.05) is 18.8 Å². The molecule has 114 valence electrons. The summed E-state index contributed by atoms with van der Waals surface area (Å²) in [6.45, 7) is 4.93. The Morgan fingerprint density at radius 2 is 1.95 bits per heavy atom. The largest absolute Gasteiger partial charge is 0.366 e. The molecule has 0 fully saturated rings. The van der Waals surface area contributed by atoms with Gasteiger partial charge >= 0.3 is 0 Å². The van der Waals surface area contributed by atoms with Crippen LogP contribution in [0.2, 0.25) is 0 Å². The number of hydrogen-bond donors (Lipinski definition) is 1. The van der Waals surface area contributed by atoms with E-state index in [9.17, 15) is 19.7 Å². The lowest BCUT2D eigenvalue weighted by molar-refractivity contribution is -0.387. The molecule has 0 aliphatic heterocycles. The van der Waals surface area contributed by atoms with E-state index in [0.717, 1.165) is 17.8 Å². The summed E-state index contributed by atoms with van der Waals surface area (Å²) in [6.07, 6.45) is 0. The average Bonchev–Trinajstić information content (AvgIpc) is 2.45. The van der Waals surface area contributed by atoms with Crippen LogP contribution in [0.4, 0.5) is 5.69 Å². The number of nitro benzene ring substituents is 1. The van der Waals surface area contributed by atoms with Gasteiger partial charge in [0.2, 0.25) is 11.8 Å². The van der Waals surface area contributed by atoms with Crippen LogP contribution < -0.4 is 5.73 Å². The molecule has 1 rings (SSSR count). The highest BCUT2D eigenvalue weighted by atomic mass is 32.2. The van der Waals surface area contributed by atoms with Gasteiger partial charge in [-0.1, -0.05) is 0 Å². The second-order valence-corrected chi connectivity index (χ2v) is 5.18. The van der Waals surface area contributed by atoms with Gasteiger partial charge in [0, 0.05) is 24.7 Å². The quantitative estimate of drug-likeness (QED) is 0.468. The topological polar surface area (TPSA) is 107 Å². The lowest BCUT2D eigenvalue weighted by Crippen LogP contribution is -2.31. The van der Waals surface area contributed by atoms with Crippen molar-refractivity contribution in [2.24, 2.45) is 5.73 Å². The number of carbonyl (C=O) groups is 2. The summed E-state index contributed by atoms with van der Waals surface area (Å²) in [4.78, 5) is 35.4. The molecule has 0 aliphatic carbocycles. The van der Waals surface area contributed by atoms with E-state index in [1.807, 2.05) is 13.8 Å². The van der Waals surface area contributed by atoms with Crippen molar-refractivity contribution in [1.82, 2.24) is 4.90 Å². The normalized spacial score (nSPS) is 10.2. The molecule has 2 amide bonds. The van der Waals surface area contributed by atoms with Crippen LogP contribution in [0.1, 0.15) is 24.2 Å². The van der Waals surface area contributed by atoms with Gasteiger partial charge in [0.05, 0.1) is 15.6 Å². The first kappa shape index (κ1) is 17.0. The molecule has 0 radical (unpaired) electrons. The van der Waals surface area contributed by atoms with Crippen LogP contribution in [-0.2, 0) is 4.79 Å². The Morgan fingerprint density at radius 1 is 1.33 bits per heavy atom. The summed E-state index contributed by atoms with van der Waals surface area (Å²) in [7, 11) is 0. The standard InChI is InChI=1S/C13H17N3O4S/c1-3-15(4-2)12(17)8-21-11-6-5-9(13(14)18)7-10(11)16(19)20/h5-7H,3-4,8H2,1-2H3,(H2,14,18). The summed E-state index contributed by atoms with van der Waals surface area (Å²) in [5.41, 5.74) is 4.95. The Balaban J connectivity index is 2.91. The average molecular weight is 311 g/mol. The fraction of sp³-hybridized carbons (Fsp3) is 0.385. The predicted octanol–water partition coefficient (Wildman–Crippen LogP) is 1.65. The first-order chi connectivity index (χ1) is 9.90. The van der Waals surface area contributed by atoms with E-state index in [-0.39, 0.29) is 22.9 Å². The molecule has 0 saturated carbocycles. The van der Waals surface area contributed by atoms with Gasteiger partial charge in [-0.15, -0.1) is 11.8 Å². The number of nitrogens with zero attached hydrogens (tertiary/aromatic N) is 2. The number of thioether (sulfide) groups is 1. The molecule has 2 N–H and O–H groups in total. The van der Waals surface area contributed by atoms with Gasteiger partial charge in [-0.2, -0.15) is 0 Å². The minimum Gasteiger partial charge on any atom is -0.366 e. The highest BCUT2D eigenvalue weighted by Crippen LogP contribution is 2.30. The van der Waals surface area contributed by atoms with E-state index in [2.05, 4.69) is 0 Å². The second kappa shape index (κ2) is 7.63. The Morgan fingerprint density at radius 3 is 2.43 bits per heavy atom. The minimum atomic E-state index is -0.728. The van der Waals surface area contributed by atoms with E-state index in [1.165, 1.54) is 12.1 Å². The predicted molar refractivity (Wildman–Crippen MR) is 80.3 cm³/mol. The van der Waals surface area contributed by atoms with Crippen molar-refractivity contribution < 1.29 is 14.5 Å². The number of benzene rings is 1. The SMILES string of the molecule is CCN(CC)C(=O)CSc1ccc(C(N)=O)cc1[N+](=O)[O-]. The summed E-state index contributed by atoms with van der Waals surface area (Å²) >= 11 is 1.08. The van der Waals surface area contributed by atoms with Gasteiger partial charge in [-0.05, 0) is 26.0 Å². The third-order valence-electron chi connectivity index (χ3n) is 2.91. The molecule has 0 unspecified atom stereocenters. The molecule has 7 nitrogen and oxygen atoms in total. The van der Waals surface area contributed by atoms with Crippen LogP contribution in [0.3, 0.4) is 0 Å². The number of primary amides is 1. The molecule has 21 heavy (non-hydrogen) atoms. The Bertz CT molecular complexity index is 558. The smallest absolute Gasteiger partial charge is 0.283 e. The molecule has 0 saturated heterocycles. The van der Waals surface area contributed by atoms with Crippen molar-refractivity contribution in [3.63, 3.8) is 0 Å². The van der Waals surface area contributed by atoms with E-state index in [0.29, 0.717) is 18.0 Å². The maximum atomic E-state index is 11.9. The molecular weight excluding hydrogens is 294 g/mol. The number of carbonyl (C=O) groups excluding carboxylic acids is 2. The lowest BCUT2D eigenvalue weighted by atomic mass is 10.2. The molecular formula is C13H17N3O4S. The van der Waals surface area contributed by atoms with E-state index in [4.69, 9.17) is 5.73 Å². The minimum absolute atomic E-state index is 0.0705. The van der Waals surface area contributed by atoms with Crippen molar-refractivity contribution in [3.05, 3.63) is 33.9 Å². The molecule has 1 aromatic rings. The highest BCUT2D eigenvalue weighted by molar-refractivity contribution is 8.00. The molecule has 0 aliphatic rings. The van der Waals surface area contributed by atoms with E-state index >= 15 is 0 Å². The molecule has 0 atom stereocenters. The molecule has 0 spiro atoms.